The minimum atomic E-state index is -0.992. The maximum Gasteiger partial charge on any atom is 0.338 e. The molecule has 0 unspecified atom stereocenters. The molecule has 0 spiro atoms. The highest BCUT2D eigenvalue weighted by atomic mass is 16.6. The molecule has 6 aromatic rings. The van der Waals surface area contributed by atoms with Crippen LogP contribution < -0.4 is 20.5 Å². The van der Waals surface area contributed by atoms with Crippen LogP contribution in [0.5, 0.6) is 11.5 Å². The summed E-state index contributed by atoms with van der Waals surface area (Å²) in [6, 6.07) is 36.0. The van der Waals surface area contributed by atoms with E-state index in [2.05, 4.69) is 15.3 Å². The molecule has 1 amide bonds. The lowest BCUT2D eigenvalue weighted by atomic mass is 9.95. The summed E-state index contributed by atoms with van der Waals surface area (Å²) in [4.78, 5) is 56.4. The number of nitrogens with zero attached hydrogens (tertiary/aromatic N) is 2. The van der Waals surface area contributed by atoms with Gasteiger partial charge in [0, 0.05) is 11.1 Å². The Balaban J connectivity index is 0.000000174. The summed E-state index contributed by atoms with van der Waals surface area (Å²) in [7, 11) is 3.21. The molecule has 13 heteroatoms. The van der Waals surface area contributed by atoms with Crippen LogP contribution in [0.3, 0.4) is 0 Å². The number of aromatic carboxylic acids is 1. The zero-order valence-electron chi connectivity index (χ0n) is 37.6. The molecule has 2 aromatic heterocycles. The number of rotatable bonds is 11. The fourth-order valence-electron chi connectivity index (χ4n) is 7.24. The normalized spacial score (nSPS) is 13.9. The second-order valence-corrected chi connectivity index (χ2v) is 17.1. The number of pyridine rings is 2. The molecule has 2 aliphatic rings. The number of carboxylic acid groups (broad SMARTS) is 2. The quantitative estimate of drug-likeness (QED) is 0.0900. The SMILES string of the molecule is COc1ccc(C2(C(=O)Nc3ccc(C)c(-c4cccc(C(=O)O)c4)n3)CC2)cc1.COc1ccc(C2(C(=O)O)CC2)cc1.Cc1ccc(N)nc1-c1cccc(C(=O)OC(C)(C)C)c1. The highest BCUT2D eigenvalue weighted by Gasteiger charge is 2.52. The van der Waals surface area contributed by atoms with E-state index < -0.39 is 28.4 Å². The first-order valence-corrected chi connectivity index (χ1v) is 21.1. The maximum absolute atomic E-state index is 13.1. The van der Waals surface area contributed by atoms with Gasteiger partial charge in [-0.05, 0) is 143 Å². The number of carboxylic acids is 2. The van der Waals surface area contributed by atoms with Gasteiger partial charge in [0.15, 0.2) is 0 Å². The van der Waals surface area contributed by atoms with E-state index in [1.165, 1.54) is 0 Å². The summed E-state index contributed by atoms with van der Waals surface area (Å²) >= 11 is 0. The zero-order chi connectivity index (χ0) is 47.1. The highest BCUT2D eigenvalue weighted by Crippen LogP contribution is 2.50. The van der Waals surface area contributed by atoms with Crippen LogP contribution in [0.1, 0.15) is 89.4 Å². The number of anilines is 2. The molecule has 8 rings (SSSR count). The molecule has 336 valence electrons. The number of aromatic nitrogens is 2. The number of aliphatic carboxylic acids is 1. The van der Waals surface area contributed by atoms with Gasteiger partial charge in [0.05, 0.1) is 47.6 Å². The zero-order valence-corrected chi connectivity index (χ0v) is 37.6. The number of hydrogen-bond donors (Lipinski definition) is 4. The van der Waals surface area contributed by atoms with Crippen LogP contribution in [0.2, 0.25) is 0 Å². The molecule has 5 N–H and O–H groups in total. The Morgan fingerprint density at radius 3 is 1.58 bits per heavy atom. The van der Waals surface area contributed by atoms with Crippen molar-refractivity contribution in [3.05, 3.63) is 155 Å². The first-order valence-electron chi connectivity index (χ1n) is 21.1. The lowest BCUT2D eigenvalue weighted by molar-refractivity contribution is -0.140. The van der Waals surface area contributed by atoms with Crippen molar-refractivity contribution in [3.63, 3.8) is 0 Å². The Morgan fingerprint density at radius 2 is 1.11 bits per heavy atom. The number of carbonyl (C=O) groups excluding carboxylic acids is 2. The van der Waals surface area contributed by atoms with Gasteiger partial charge in [0.1, 0.15) is 28.7 Å². The molecule has 0 radical (unpaired) electrons. The second kappa shape index (κ2) is 19.5. The Bertz CT molecular complexity index is 2700. The summed E-state index contributed by atoms with van der Waals surface area (Å²) in [5.41, 5.74) is 11.5. The van der Waals surface area contributed by atoms with E-state index in [1.807, 2.05) is 101 Å². The molecule has 0 aliphatic heterocycles. The van der Waals surface area contributed by atoms with E-state index in [1.54, 1.807) is 68.8 Å². The topological polar surface area (TPSA) is 200 Å². The van der Waals surface area contributed by atoms with Gasteiger partial charge in [0.2, 0.25) is 5.91 Å². The first kappa shape index (κ1) is 47.0. The van der Waals surface area contributed by atoms with Crippen LogP contribution in [0.15, 0.2) is 121 Å². The van der Waals surface area contributed by atoms with E-state index in [-0.39, 0.29) is 17.4 Å². The van der Waals surface area contributed by atoms with Gasteiger partial charge in [-0.1, -0.05) is 60.7 Å². The van der Waals surface area contributed by atoms with E-state index in [4.69, 9.17) is 25.1 Å². The number of nitrogen functional groups attached to an aromatic ring is 1. The van der Waals surface area contributed by atoms with Crippen molar-refractivity contribution in [1.82, 2.24) is 9.97 Å². The van der Waals surface area contributed by atoms with Crippen molar-refractivity contribution in [2.75, 3.05) is 25.3 Å². The molecule has 65 heavy (non-hydrogen) atoms. The third-order valence-electron chi connectivity index (χ3n) is 11.2. The minimum absolute atomic E-state index is 0.0887. The number of aryl methyl sites for hydroxylation is 2. The lowest BCUT2D eigenvalue weighted by Gasteiger charge is -2.19. The summed E-state index contributed by atoms with van der Waals surface area (Å²) in [6.45, 7) is 9.40. The predicted octanol–water partition coefficient (Wildman–Crippen LogP) is 9.84. The third kappa shape index (κ3) is 11.4. The van der Waals surface area contributed by atoms with Crippen LogP contribution in [0.25, 0.3) is 22.5 Å². The molecule has 13 nitrogen and oxygen atoms in total. The molecule has 2 aliphatic carbocycles. The summed E-state index contributed by atoms with van der Waals surface area (Å²) in [5.74, 6) is 0.273. The molecule has 0 atom stereocenters. The maximum atomic E-state index is 13.1. The number of methoxy groups -OCH3 is 2. The fourth-order valence-corrected chi connectivity index (χ4v) is 7.24. The number of ether oxygens (including phenoxy) is 3. The molecule has 0 bridgehead atoms. The van der Waals surface area contributed by atoms with E-state index >= 15 is 0 Å². The van der Waals surface area contributed by atoms with Gasteiger partial charge in [0.25, 0.3) is 0 Å². The molecular formula is C52H54N4O9. The highest BCUT2D eigenvalue weighted by molar-refractivity contribution is 6.01. The van der Waals surface area contributed by atoms with Gasteiger partial charge < -0.3 is 35.5 Å². The average Bonchev–Trinajstić information content (AvgIpc) is 4.24. The number of amides is 1. The van der Waals surface area contributed by atoms with Crippen LogP contribution in [0, 0.1) is 13.8 Å². The van der Waals surface area contributed by atoms with E-state index in [9.17, 15) is 24.3 Å². The monoisotopic (exact) mass is 878 g/mol. The Morgan fingerprint density at radius 1 is 0.631 bits per heavy atom. The van der Waals surface area contributed by atoms with Gasteiger partial charge in [-0.3, -0.25) is 9.59 Å². The molecule has 4 aromatic carbocycles. The van der Waals surface area contributed by atoms with Gasteiger partial charge in [-0.25, -0.2) is 19.6 Å². The molecular weight excluding hydrogens is 825 g/mol. The number of nitrogens with two attached hydrogens (primary N) is 1. The number of carbonyl (C=O) groups is 4. The van der Waals surface area contributed by atoms with Crippen LogP contribution in [-0.2, 0) is 25.2 Å². The van der Waals surface area contributed by atoms with E-state index in [0.717, 1.165) is 70.7 Å². The third-order valence-corrected chi connectivity index (χ3v) is 11.2. The lowest BCUT2D eigenvalue weighted by Crippen LogP contribution is -2.28. The molecule has 0 saturated heterocycles. The van der Waals surface area contributed by atoms with Crippen molar-refractivity contribution < 1.29 is 43.6 Å². The molecule has 2 heterocycles. The standard InChI is InChI=1S/C24H22N2O4.C17H20N2O2.C11H12O3/c1-15-6-11-20(25-21(15)16-4-3-5-17(14-16)22(27)28)26-23(29)24(12-13-24)18-7-9-19(30-2)10-8-18;1-11-8-9-14(18)19-15(11)12-6-5-7-13(10-12)16(20)21-17(2,3)4;1-14-9-4-2-8(3-5-9)11(6-7-11)10(12)13/h3-11,14H,12-13H2,1-2H3,(H,27,28)(H,25,26,29);5-10H,1-4H3,(H2,18,19);2-5H,6-7H2,1H3,(H,12,13). The van der Waals surface area contributed by atoms with Crippen molar-refractivity contribution in [3.8, 4) is 34.0 Å². The van der Waals surface area contributed by atoms with Crippen LogP contribution in [-0.4, -0.2) is 63.8 Å². The Kier molecular flexibility index (Phi) is 14.1. The summed E-state index contributed by atoms with van der Waals surface area (Å²) in [5, 5.41) is 21.3. The summed E-state index contributed by atoms with van der Waals surface area (Å²) in [6.07, 6.45) is 3.05. The Hall–Kier alpha value is -7.54. The Labute approximate surface area is 378 Å². The van der Waals surface area contributed by atoms with Crippen LogP contribution in [0.4, 0.5) is 11.6 Å². The molecule has 2 fully saturated rings. The molecule has 2 saturated carbocycles. The number of hydrogen-bond acceptors (Lipinski definition) is 10. The van der Waals surface area contributed by atoms with Crippen LogP contribution >= 0.6 is 0 Å². The second-order valence-electron chi connectivity index (χ2n) is 17.1. The van der Waals surface area contributed by atoms with Crippen molar-refractivity contribution in [2.24, 2.45) is 0 Å². The number of nitrogens with one attached hydrogen (secondary N) is 1. The van der Waals surface area contributed by atoms with Crippen molar-refractivity contribution >= 4 is 35.5 Å². The minimum Gasteiger partial charge on any atom is -0.497 e. The van der Waals surface area contributed by atoms with Gasteiger partial charge >= 0.3 is 17.9 Å². The smallest absolute Gasteiger partial charge is 0.338 e. The largest absolute Gasteiger partial charge is 0.497 e. The number of esters is 1. The van der Waals surface area contributed by atoms with Crippen molar-refractivity contribution in [2.45, 2.75) is 76.7 Å². The van der Waals surface area contributed by atoms with Crippen molar-refractivity contribution in [1.29, 1.82) is 0 Å². The fraction of sp³-hybridized carbons (Fsp3) is 0.269. The van der Waals surface area contributed by atoms with Gasteiger partial charge in [-0.15, -0.1) is 0 Å². The van der Waals surface area contributed by atoms with E-state index in [0.29, 0.717) is 28.5 Å². The predicted molar refractivity (Wildman–Crippen MR) is 249 cm³/mol. The number of benzene rings is 4. The van der Waals surface area contributed by atoms with Gasteiger partial charge in [-0.2, -0.15) is 0 Å². The first-order chi connectivity index (χ1) is 30.9. The summed E-state index contributed by atoms with van der Waals surface area (Å²) < 4.78 is 15.6. The average molecular weight is 879 g/mol.